The normalized spacial score (nSPS) is 15.1. The number of piperazine rings is 1. The Labute approximate surface area is 163 Å². The van der Waals surface area contributed by atoms with E-state index < -0.39 is 0 Å². The monoisotopic (exact) mass is 386 g/mol. The molecule has 1 aromatic carbocycles. The summed E-state index contributed by atoms with van der Waals surface area (Å²) in [6.45, 7) is 10.3. The van der Waals surface area contributed by atoms with Crippen LogP contribution in [0.1, 0.15) is 23.2 Å². The summed E-state index contributed by atoms with van der Waals surface area (Å²) in [4.78, 5) is 16.9. The first-order chi connectivity index (χ1) is 12.6. The molecule has 136 valence electrons. The van der Waals surface area contributed by atoms with Gasteiger partial charge in [-0.15, -0.1) is 11.3 Å². The molecule has 0 amide bonds. The van der Waals surface area contributed by atoms with Gasteiger partial charge >= 0.3 is 0 Å². The van der Waals surface area contributed by atoms with Gasteiger partial charge in [0.2, 0.25) is 0 Å². The third kappa shape index (κ3) is 3.14. The van der Waals surface area contributed by atoms with Crippen molar-refractivity contribution < 1.29 is 0 Å². The number of thiophene rings is 1. The first-order valence-electron chi connectivity index (χ1n) is 9.09. The van der Waals surface area contributed by atoms with Crippen molar-refractivity contribution in [1.82, 2.24) is 9.97 Å². The van der Waals surface area contributed by atoms with Crippen LogP contribution in [-0.2, 0) is 6.42 Å². The van der Waals surface area contributed by atoms with E-state index in [1.165, 1.54) is 21.5 Å². The summed E-state index contributed by atoms with van der Waals surface area (Å²) < 4.78 is 0. The van der Waals surface area contributed by atoms with Crippen LogP contribution in [0.5, 0.6) is 0 Å². The molecule has 6 heteroatoms. The lowest BCUT2D eigenvalue weighted by Gasteiger charge is -2.37. The first kappa shape index (κ1) is 17.6. The van der Waals surface area contributed by atoms with Crippen molar-refractivity contribution in [2.45, 2.75) is 27.2 Å². The highest BCUT2D eigenvalue weighted by molar-refractivity contribution is 7.18. The number of aryl methyl sites for hydroxylation is 3. The number of nitrogens with zero attached hydrogens (tertiary/aromatic N) is 4. The third-order valence-electron chi connectivity index (χ3n) is 5.12. The quantitative estimate of drug-likeness (QED) is 0.644. The van der Waals surface area contributed by atoms with Crippen molar-refractivity contribution in [2.75, 3.05) is 36.0 Å². The lowest BCUT2D eigenvalue weighted by atomic mass is 10.2. The highest BCUT2D eigenvalue weighted by atomic mass is 35.5. The average Bonchev–Trinajstić information content (AvgIpc) is 2.95. The molecule has 0 unspecified atom stereocenters. The highest BCUT2D eigenvalue weighted by Crippen LogP contribution is 2.35. The summed E-state index contributed by atoms with van der Waals surface area (Å²) in [5.74, 6) is 2.05. The summed E-state index contributed by atoms with van der Waals surface area (Å²) in [6, 6.07) is 8.11. The van der Waals surface area contributed by atoms with Gasteiger partial charge in [0.1, 0.15) is 16.5 Å². The third-order valence-corrected chi connectivity index (χ3v) is 6.46. The number of aromatic nitrogens is 2. The molecule has 4 nitrogen and oxygen atoms in total. The molecular formula is C20H23ClN4S. The zero-order chi connectivity index (χ0) is 18.3. The topological polar surface area (TPSA) is 32.3 Å². The van der Waals surface area contributed by atoms with Gasteiger partial charge in [-0.2, -0.15) is 0 Å². The van der Waals surface area contributed by atoms with E-state index in [1.54, 1.807) is 11.3 Å². The molecule has 1 saturated heterocycles. The van der Waals surface area contributed by atoms with E-state index in [9.17, 15) is 0 Å². The van der Waals surface area contributed by atoms with Crippen LogP contribution >= 0.6 is 22.9 Å². The van der Waals surface area contributed by atoms with E-state index in [-0.39, 0.29) is 0 Å². The van der Waals surface area contributed by atoms with Crippen LogP contribution in [0, 0.1) is 13.8 Å². The molecule has 0 atom stereocenters. The molecule has 26 heavy (non-hydrogen) atoms. The maximum Gasteiger partial charge on any atom is 0.141 e. The second-order valence-corrected chi connectivity index (χ2v) is 8.37. The molecule has 0 saturated carbocycles. The molecule has 1 aliphatic heterocycles. The fraction of sp³-hybridized carbons (Fsp3) is 0.400. The summed E-state index contributed by atoms with van der Waals surface area (Å²) >= 11 is 7.94. The molecule has 3 aromatic rings. The van der Waals surface area contributed by atoms with Crippen LogP contribution in [0.25, 0.3) is 10.2 Å². The predicted molar refractivity (Wildman–Crippen MR) is 112 cm³/mol. The van der Waals surface area contributed by atoms with Gasteiger partial charge in [0.25, 0.3) is 0 Å². The van der Waals surface area contributed by atoms with Crippen molar-refractivity contribution in [3.8, 4) is 0 Å². The Kier molecular flexibility index (Phi) is 4.76. The maximum atomic E-state index is 6.15. The highest BCUT2D eigenvalue weighted by Gasteiger charge is 2.23. The van der Waals surface area contributed by atoms with Crippen LogP contribution in [0.2, 0.25) is 5.02 Å². The number of hydrogen-bond donors (Lipinski definition) is 0. The lowest BCUT2D eigenvalue weighted by molar-refractivity contribution is 0.647. The van der Waals surface area contributed by atoms with E-state index in [0.29, 0.717) is 0 Å². The maximum absolute atomic E-state index is 6.15. The van der Waals surface area contributed by atoms with E-state index in [4.69, 9.17) is 21.6 Å². The van der Waals surface area contributed by atoms with Gasteiger partial charge in [0.15, 0.2) is 0 Å². The van der Waals surface area contributed by atoms with E-state index in [2.05, 4.69) is 36.6 Å². The largest absolute Gasteiger partial charge is 0.368 e. The zero-order valence-corrected chi connectivity index (χ0v) is 17.0. The minimum Gasteiger partial charge on any atom is -0.368 e. The van der Waals surface area contributed by atoms with Crippen molar-refractivity contribution in [3.63, 3.8) is 0 Å². The molecule has 0 N–H and O–H groups in total. The van der Waals surface area contributed by atoms with Crippen molar-refractivity contribution in [3.05, 3.63) is 45.6 Å². The summed E-state index contributed by atoms with van der Waals surface area (Å²) in [6.07, 6.45) is 0.863. The standard InChI is InChI=1S/C20H23ClN4S/c1-4-17-22-19(18-13(2)14(3)26-20(18)23-17)25-10-8-24(9-11-25)16-7-5-6-15(21)12-16/h5-7,12H,4,8-11H2,1-3H3. The number of hydrogen-bond acceptors (Lipinski definition) is 5. The Morgan fingerprint density at radius 3 is 2.50 bits per heavy atom. The fourth-order valence-electron chi connectivity index (χ4n) is 3.51. The first-order valence-corrected chi connectivity index (χ1v) is 10.3. The SMILES string of the molecule is CCc1nc(N2CCN(c3cccc(Cl)c3)CC2)c2c(C)c(C)sc2n1. The van der Waals surface area contributed by atoms with E-state index in [1.807, 2.05) is 18.2 Å². The molecule has 0 aliphatic carbocycles. The number of rotatable bonds is 3. The molecule has 1 aliphatic rings. The average molecular weight is 387 g/mol. The summed E-state index contributed by atoms with van der Waals surface area (Å²) in [7, 11) is 0. The van der Waals surface area contributed by atoms with Crippen LogP contribution in [-0.4, -0.2) is 36.1 Å². The van der Waals surface area contributed by atoms with Gasteiger partial charge in [-0.05, 0) is 37.6 Å². The van der Waals surface area contributed by atoms with E-state index >= 15 is 0 Å². The number of anilines is 2. The minimum absolute atomic E-state index is 0.791. The van der Waals surface area contributed by atoms with Gasteiger partial charge in [0, 0.05) is 48.2 Å². The molecule has 0 spiro atoms. The number of benzene rings is 1. The molecule has 4 rings (SSSR count). The minimum atomic E-state index is 0.791. The Bertz CT molecular complexity index is 944. The smallest absolute Gasteiger partial charge is 0.141 e. The van der Waals surface area contributed by atoms with Gasteiger partial charge in [-0.25, -0.2) is 9.97 Å². The van der Waals surface area contributed by atoms with Gasteiger partial charge in [-0.1, -0.05) is 24.6 Å². The molecule has 3 heterocycles. The number of halogens is 1. The molecule has 0 bridgehead atoms. The van der Waals surface area contributed by atoms with Crippen LogP contribution in [0.3, 0.4) is 0 Å². The van der Waals surface area contributed by atoms with Crippen molar-refractivity contribution >= 4 is 44.7 Å². The van der Waals surface area contributed by atoms with Gasteiger partial charge in [-0.3, -0.25) is 0 Å². The fourth-order valence-corrected chi connectivity index (χ4v) is 4.73. The van der Waals surface area contributed by atoms with Crippen LogP contribution in [0.4, 0.5) is 11.5 Å². The Hall–Kier alpha value is -1.85. The molecule has 0 radical (unpaired) electrons. The van der Waals surface area contributed by atoms with E-state index in [0.717, 1.165) is 54.1 Å². The van der Waals surface area contributed by atoms with Gasteiger partial charge in [0.05, 0.1) is 5.39 Å². The second-order valence-electron chi connectivity index (χ2n) is 6.73. The molecule has 1 fully saturated rings. The Morgan fingerprint density at radius 1 is 1.08 bits per heavy atom. The molecule has 2 aromatic heterocycles. The zero-order valence-electron chi connectivity index (χ0n) is 15.4. The Balaban J connectivity index is 1.63. The predicted octanol–water partition coefficient (Wildman–Crippen LogP) is 4.85. The number of fused-ring (bicyclic) bond motifs is 1. The van der Waals surface area contributed by atoms with Crippen molar-refractivity contribution in [2.24, 2.45) is 0 Å². The van der Waals surface area contributed by atoms with Crippen LogP contribution in [0.15, 0.2) is 24.3 Å². The second kappa shape index (κ2) is 7.05. The molecular weight excluding hydrogens is 364 g/mol. The van der Waals surface area contributed by atoms with Gasteiger partial charge < -0.3 is 9.80 Å². The van der Waals surface area contributed by atoms with Crippen LogP contribution < -0.4 is 9.80 Å². The summed E-state index contributed by atoms with van der Waals surface area (Å²) in [5.41, 5.74) is 2.52. The Morgan fingerprint density at radius 2 is 1.81 bits per heavy atom. The lowest BCUT2D eigenvalue weighted by Crippen LogP contribution is -2.47. The summed E-state index contributed by atoms with van der Waals surface area (Å²) in [5, 5.41) is 2.03. The van der Waals surface area contributed by atoms with Crippen molar-refractivity contribution in [1.29, 1.82) is 0 Å².